The Balaban J connectivity index is 2.27. The zero-order chi connectivity index (χ0) is 12.4. The summed E-state index contributed by atoms with van der Waals surface area (Å²) in [5.74, 6) is 2.72. The molecule has 3 heteroatoms. The summed E-state index contributed by atoms with van der Waals surface area (Å²) in [6.07, 6.45) is 0. The van der Waals surface area contributed by atoms with Gasteiger partial charge in [0.15, 0.2) is 0 Å². The molecule has 94 valence electrons. The molecule has 1 saturated heterocycles. The number of hydrogen-bond donors (Lipinski definition) is 1. The van der Waals surface area contributed by atoms with Crippen molar-refractivity contribution in [3.63, 3.8) is 0 Å². The first-order valence-electron chi connectivity index (χ1n) is 6.14. The highest BCUT2D eigenvalue weighted by Gasteiger charge is 2.32. The predicted octanol–water partition coefficient (Wildman–Crippen LogP) is 3.19. The molecule has 1 N–H and O–H groups in total. The molecule has 0 bridgehead atoms. The molecule has 1 aliphatic rings. The molecule has 0 spiro atoms. The second-order valence-corrected chi connectivity index (χ2v) is 5.98. The summed E-state index contributed by atoms with van der Waals surface area (Å²) in [6.45, 7) is 4.43. The molecule has 0 aromatic heterocycles. The average molecular weight is 251 g/mol. The lowest BCUT2D eigenvalue weighted by atomic mass is 9.96. The second kappa shape index (κ2) is 5.32. The first-order chi connectivity index (χ1) is 8.17. The highest BCUT2D eigenvalue weighted by molar-refractivity contribution is 8.01. The van der Waals surface area contributed by atoms with Gasteiger partial charge in [-0.15, -0.1) is 0 Å². The summed E-state index contributed by atoms with van der Waals surface area (Å²) in [6, 6.07) is 7.24. The standard InChI is InChI=1S/C14H21NOS/c1-9(2)11-7-10(5-6-13(11)16-4)14-12(15-3)8-17-14/h5-7,9,12,14-15H,8H2,1-4H3. The fourth-order valence-electron chi connectivity index (χ4n) is 2.23. The third kappa shape index (κ3) is 2.45. The van der Waals surface area contributed by atoms with Crippen LogP contribution in [-0.2, 0) is 0 Å². The van der Waals surface area contributed by atoms with Gasteiger partial charge in [-0.2, -0.15) is 11.8 Å². The van der Waals surface area contributed by atoms with Crippen LogP contribution in [0.1, 0.15) is 36.1 Å². The predicted molar refractivity (Wildman–Crippen MR) is 75.1 cm³/mol. The third-order valence-corrected chi connectivity index (χ3v) is 4.91. The van der Waals surface area contributed by atoms with E-state index < -0.39 is 0 Å². The Labute approximate surface area is 108 Å². The Morgan fingerprint density at radius 2 is 2.18 bits per heavy atom. The molecule has 0 amide bonds. The van der Waals surface area contributed by atoms with E-state index in [0.717, 1.165) is 5.75 Å². The maximum atomic E-state index is 5.42. The van der Waals surface area contributed by atoms with Gasteiger partial charge < -0.3 is 10.1 Å². The van der Waals surface area contributed by atoms with Crippen molar-refractivity contribution >= 4 is 11.8 Å². The number of ether oxygens (including phenoxy) is 1. The van der Waals surface area contributed by atoms with E-state index in [9.17, 15) is 0 Å². The van der Waals surface area contributed by atoms with E-state index in [1.165, 1.54) is 16.9 Å². The molecule has 2 nitrogen and oxygen atoms in total. The molecule has 0 saturated carbocycles. The Kier molecular flexibility index (Phi) is 4.00. The van der Waals surface area contributed by atoms with Crippen LogP contribution in [0.15, 0.2) is 18.2 Å². The molecule has 2 unspecified atom stereocenters. The van der Waals surface area contributed by atoms with Crippen LogP contribution in [0.5, 0.6) is 5.75 Å². The molecule has 17 heavy (non-hydrogen) atoms. The van der Waals surface area contributed by atoms with E-state index in [-0.39, 0.29) is 0 Å². The van der Waals surface area contributed by atoms with Crippen LogP contribution in [0, 0.1) is 0 Å². The highest BCUT2D eigenvalue weighted by Crippen LogP contribution is 2.44. The molecule has 1 aromatic carbocycles. The quantitative estimate of drug-likeness (QED) is 0.888. The van der Waals surface area contributed by atoms with E-state index in [1.54, 1.807) is 7.11 Å². The van der Waals surface area contributed by atoms with Crippen molar-refractivity contribution in [2.75, 3.05) is 19.9 Å². The summed E-state index contributed by atoms with van der Waals surface area (Å²) in [4.78, 5) is 0. The van der Waals surface area contributed by atoms with Crippen molar-refractivity contribution < 1.29 is 4.74 Å². The van der Waals surface area contributed by atoms with Gasteiger partial charge in [0.1, 0.15) is 5.75 Å². The minimum absolute atomic E-state index is 0.503. The van der Waals surface area contributed by atoms with Crippen molar-refractivity contribution in [3.05, 3.63) is 29.3 Å². The number of nitrogens with one attached hydrogen (secondary N) is 1. The molecule has 1 heterocycles. The summed E-state index contributed by atoms with van der Waals surface area (Å²) in [7, 11) is 3.79. The fourth-order valence-corrected chi connectivity index (χ4v) is 3.45. The Bertz CT molecular complexity index is 390. The normalized spacial score (nSPS) is 23.6. The SMILES string of the molecule is CNC1CSC1c1ccc(OC)c(C(C)C)c1. The minimum Gasteiger partial charge on any atom is -0.496 e. The summed E-state index contributed by atoms with van der Waals surface area (Å²) >= 11 is 2.02. The second-order valence-electron chi connectivity index (χ2n) is 4.81. The van der Waals surface area contributed by atoms with Gasteiger partial charge >= 0.3 is 0 Å². The topological polar surface area (TPSA) is 21.3 Å². The van der Waals surface area contributed by atoms with E-state index in [4.69, 9.17) is 4.74 Å². The zero-order valence-electron chi connectivity index (χ0n) is 11.0. The van der Waals surface area contributed by atoms with Crippen LogP contribution < -0.4 is 10.1 Å². The number of thioether (sulfide) groups is 1. The zero-order valence-corrected chi connectivity index (χ0v) is 11.8. The number of hydrogen-bond acceptors (Lipinski definition) is 3. The third-order valence-electron chi connectivity index (χ3n) is 3.40. The largest absolute Gasteiger partial charge is 0.496 e. The Hall–Kier alpha value is -0.670. The van der Waals surface area contributed by atoms with Gasteiger partial charge in [-0.3, -0.25) is 0 Å². The van der Waals surface area contributed by atoms with Crippen LogP contribution in [0.25, 0.3) is 0 Å². The average Bonchev–Trinajstić information content (AvgIpc) is 2.28. The first-order valence-corrected chi connectivity index (χ1v) is 7.19. The lowest BCUT2D eigenvalue weighted by Crippen LogP contribution is -2.40. The first kappa shape index (κ1) is 12.8. The minimum atomic E-state index is 0.503. The highest BCUT2D eigenvalue weighted by atomic mass is 32.2. The molecule has 1 aromatic rings. The van der Waals surface area contributed by atoms with Gasteiger partial charge in [0.2, 0.25) is 0 Å². The van der Waals surface area contributed by atoms with Gasteiger partial charge in [-0.05, 0) is 30.2 Å². The van der Waals surface area contributed by atoms with Crippen LogP contribution in [-0.4, -0.2) is 26.0 Å². The van der Waals surface area contributed by atoms with Crippen LogP contribution >= 0.6 is 11.8 Å². The summed E-state index contributed by atoms with van der Waals surface area (Å²) in [5, 5.41) is 3.98. The number of likely N-dealkylation sites (N-methyl/N-ethyl adjacent to an activating group) is 1. The molecule has 0 radical (unpaired) electrons. The van der Waals surface area contributed by atoms with E-state index in [1.807, 2.05) is 18.8 Å². The number of rotatable bonds is 4. The molecular weight excluding hydrogens is 230 g/mol. The fraction of sp³-hybridized carbons (Fsp3) is 0.571. The molecule has 2 rings (SSSR count). The lowest BCUT2D eigenvalue weighted by molar-refractivity contribution is 0.407. The molecule has 0 aliphatic carbocycles. The Morgan fingerprint density at radius 1 is 1.41 bits per heavy atom. The van der Waals surface area contributed by atoms with Gasteiger partial charge in [0.05, 0.1) is 7.11 Å². The van der Waals surface area contributed by atoms with Crippen LogP contribution in [0.3, 0.4) is 0 Å². The Morgan fingerprint density at radius 3 is 2.65 bits per heavy atom. The van der Waals surface area contributed by atoms with E-state index in [2.05, 4.69) is 37.4 Å². The van der Waals surface area contributed by atoms with Crippen molar-refractivity contribution in [1.82, 2.24) is 5.32 Å². The van der Waals surface area contributed by atoms with E-state index >= 15 is 0 Å². The molecule has 1 fully saturated rings. The van der Waals surface area contributed by atoms with Crippen LogP contribution in [0.4, 0.5) is 0 Å². The van der Waals surface area contributed by atoms with Crippen molar-refractivity contribution in [3.8, 4) is 5.75 Å². The van der Waals surface area contributed by atoms with Gasteiger partial charge in [-0.25, -0.2) is 0 Å². The molecule has 1 aliphatic heterocycles. The maximum Gasteiger partial charge on any atom is 0.122 e. The van der Waals surface area contributed by atoms with Gasteiger partial charge in [0, 0.05) is 17.0 Å². The monoisotopic (exact) mass is 251 g/mol. The molecular formula is C14H21NOS. The van der Waals surface area contributed by atoms with E-state index in [0.29, 0.717) is 17.2 Å². The van der Waals surface area contributed by atoms with Crippen molar-refractivity contribution in [2.24, 2.45) is 0 Å². The lowest BCUT2D eigenvalue weighted by Gasteiger charge is -2.36. The van der Waals surface area contributed by atoms with Gasteiger partial charge in [-0.1, -0.05) is 26.0 Å². The maximum absolute atomic E-state index is 5.42. The van der Waals surface area contributed by atoms with Crippen LogP contribution in [0.2, 0.25) is 0 Å². The number of benzene rings is 1. The summed E-state index contributed by atoms with van der Waals surface area (Å²) in [5.41, 5.74) is 2.73. The smallest absolute Gasteiger partial charge is 0.122 e. The van der Waals surface area contributed by atoms with Crippen molar-refractivity contribution in [1.29, 1.82) is 0 Å². The van der Waals surface area contributed by atoms with Crippen molar-refractivity contribution in [2.45, 2.75) is 31.1 Å². The number of methoxy groups -OCH3 is 1. The van der Waals surface area contributed by atoms with Gasteiger partial charge in [0.25, 0.3) is 0 Å². The molecule has 2 atom stereocenters. The summed E-state index contributed by atoms with van der Waals surface area (Å²) < 4.78 is 5.42.